The highest BCUT2D eigenvalue weighted by Gasteiger charge is 2.19. The number of carbonyl (C=O) groups excluding carboxylic acids is 1. The minimum atomic E-state index is -0.166. The summed E-state index contributed by atoms with van der Waals surface area (Å²) in [6.07, 6.45) is 0. The van der Waals surface area contributed by atoms with E-state index in [0.717, 1.165) is 20.7 Å². The van der Waals surface area contributed by atoms with Crippen LogP contribution in [0.5, 0.6) is 11.5 Å². The fraction of sp³-hybridized carbons (Fsp3) is 0.353. The van der Waals surface area contributed by atoms with Crippen LogP contribution in [0.4, 0.5) is 0 Å². The van der Waals surface area contributed by atoms with Crippen LogP contribution in [-0.2, 0) is 0 Å². The molecule has 124 valence electrons. The number of benzene rings is 1. The van der Waals surface area contributed by atoms with Crippen molar-refractivity contribution in [3.8, 4) is 11.5 Å². The van der Waals surface area contributed by atoms with Crippen LogP contribution in [-0.4, -0.2) is 20.1 Å². The summed E-state index contributed by atoms with van der Waals surface area (Å²) in [6.45, 7) is 5.72. The molecule has 0 saturated carbocycles. The van der Waals surface area contributed by atoms with Crippen molar-refractivity contribution in [1.29, 1.82) is 0 Å². The van der Waals surface area contributed by atoms with Gasteiger partial charge in [-0.05, 0) is 61.6 Å². The number of amides is 1. The summed E-state index contributed by atoms with van der Waals surface area (Å²) < 4.78 is 16.8. The fourth-order valence-electron chi connectivity index (χ4n) is 2.46. The second kappa shape index (κ2) is 7.25. The Bertz CT molecular complexity index is 724. The molecular weight excluding hydrogens is 409 g/mol. The highest BCUT2D eigenvalue weighted by atomic mass is 127. The normalized spacial score (nSPS) is 11.9. The van der Waals surface area contributed by atoms with Gasteiger partial charge in [0.15, 0.2) is 11.5 Å². The Labute approximate surface area is 149 Å². The molecule has 1 unspecified atom stereocenters. The van der Waals surface area contributed by atoms with Crippen molar-refractivity contribution in [3.05, 3.63) is 44.4 Å². The van der Waals surface area contributed by atoms with Gasteiger partial charge in [0.05, 0.1) is 25.8 Å². The molecule has 0 spiro atoms. The first-order chi connectivity index (χ1) is 10.9. The topological polar surface area (TPSA) is 60.7 Å². The second-order valence-electron chi connectivity index (χ2n) is 5.25. The SMILES string of the molecule is COc1cc(I)c(C(=O)NC(C)c2cc(C)oc2C)cc1OC. The molecule has 0 fully saturated rings. The molecule has 1 aromatic carbocycles. The molecule has 0 aliphatic carbocycles. The number of furan rings is 1. The quantitative estimate of drug-likeness (QED) is 0.730. The molecule has 0 aliphatic rings. The Balaban J connectivity index is 2.25. The van der Waals surface area contributed by atoms with Crippen LogP contribution in [0.1, 0.15) is 40.4 Å². The maximum Gasteiger partial charge on any atom is 0.252 e. The summed E-state index contributed by atoms with van der Waals surface area (Å²) in [5.74, 6) is 2.61. The van der Waals surface area contributed by atoms with E-state index in [1.54, 1.807) is 26.4 Å². The van der Waals surface area contributed by atoms with E-state index in [9.17, 15) is 4.79 Å². The Morgan fingerprint density at radius 1 is 1.17 bits per heavy atom. The molecule has 6 heteroatoms. The van der Waals surface area contributed by atoms with Crippen molar-refractivity contribution >= 4 is 28.5 Å². The Morgan fingerprint density at radius 2 is 1.78 bits per heavy atom. The summed E-state index contributed by atoms with van der Waals surface area (Å²) >= 11 is 2.11. The number of halogens is 1. The molecule has 2 rings (SSSR count). The molecule has 1 heterocycles. The minimum absolute atomic E-state index is 0.149. The number of ether oxygens (including phenoxy) is 2. The second-order valence-corrected chi connectivity index (χ2v) is 6.41. The van der Waals surface area contributed by atoms with Crippen LogP contribution in [0.3, 0.4) is 0 Å². The van der Waals surface area contributed by atoms with Crippen LogP contribution in [0.15, 0.2) is 22.6 Å². The zero-order valence-electron chi connectivity index (χ0n) is 13.8. The lowest BCUT2D eigenvalue weighted by atomic mass is 10.1. The van der Waals surface area contributed by atoms with Gasteiger partial charge >= 0.3 is 0 Å². The molecule has 0 bridgehead atoms. The number of hydrogen-bond acceptors (Lipinski definition) is 4. The predicted octanol–water partition coefficient (Wildman–Crippen LogP) is 4.01. The van der Waals surface area contributed by atoms with E-state index >= 15 is 0 Å². The van der Waals surface area contributed by atoms with Gasteiger partial charge in [0.2, 0.25) is 0 Å². The molecule has 0 saturated heterocycles. The van der Waals surface area contributed by atoms with Crippen molar-refractivity contribution in [2.75, 3.05) is 14.2 Å². The van der Waals surface area contributed by atoms with Gasteiger partial charge in [-0.15, -0.1) is 0 Å². The standard InChI is InChI=1S/C17H20INO4/c1-9-6-12(11(3)23-9)10(2)19-17(20)13-7-15(21-4)16(22-5)8-14(13)18/h6-8,10H,1-5H3,(H,19,20). The van der Waals surface area contributed by atoms with Gasteiger partial charge in [-0.25, -0.2) is 0 Å². The third kappa shape index (κ3) is 3.80. The zero-order chi connectivity index (χ0) is 17.1. The van der Waals surface area contributed by atoms with Gasteiger partial charge < -0.3 is 19.2 Å². The number of carbonyl (C=O) groups is 1. The van der Waals surface area contributed by atoms with Crippen LogP contribution in [0.2, 0.25) is 0 Å². The van der Waals surface area contributed by atoms with Crippen molar-refractivity contribution < 1.29 is 18.7 Å². The first-order valence-electron chi connectivity index (χ1n) is 7.16. The Hall–Kier alpha value is -1.70. The lowest BCUT2D eigenvalue weighted by Crippen LogP contribution is -2.27. The Morgan fingerprint density at radius 3 is 2.30 bits per heavy atom. The van der Waals surface area contributed by atoms with Gasteiger partial charge in [0.25, 0.3) is 5.91 Å². The minimum Gasteiger partial charge on any atom is -0.493 e. The highest BCUT2D eigenvalue weighted by molar-refractivity contribution is 14.1. The van der Waals surface area contributed by atoms with E-state index in [1.165, 1.54) is 0 Å². The van der Waals surface area contributed by atoms with Gasteiger partial charge in [-0.3, -0.25) is 4.79 Å². The molecule has 5 nitrogen and oxygen atoms in total. The summed E-state index contributed by atoms with van der Waals surface area (Å²) in [5, 5.41) is 3.00. The first-order valence-corrected chi connectivity index (χ1v) is 8.24. The monoisotopic (exact) mass is 429 g/mol. The van der Waals surface area contributed by atoms with Crippen molar-refractivity contribution in [3.63, 3.8) is 0 Å². The van der Waals surface area contributed by atoms with Crippen molar-refractivity contribution in [2.45, 2.75) is 26.8 Å². The number of hydrogen-bond donors (Lipinski definition) is 1. The Kier molecular flexibility index (Phi) is 5.56. The number of aryl methyl sites for hydroxylation is 2. The third-order valence-electron chi connectivity index (χ3n) is 3.61. The predicted molar refractivity (Wildman–Crippen MR) is 96.3 cm³/mol. The van der Waals surface area contributed by atoms with Gasteiger partial charge in [0.1, 0.15) is 11.5 Å². The van der Waals surface area contributed by atoms with E-state index in [0.29, 0.717) is 17.1 Å². The van der Waals surface area contributed by atoms with Crippen LogP contribution >= 0.6 is 22.6 Å². The van der Waals surface area contributed by atoms with E-state index < -0.39 is 0 Å². The molecule has 0 aliphatic heterocycles. The molecule has 1 atom stereocenters. The van der Waals surface area contributed by atoms with E-state index in [4.69, 9.17) is 13.9 Å². The fourth-order valence-corrected chi connectivity index (χ4v) is 3.14. The van der Waals surface area contributed by atoms with Gasteiger partial charge in [-0.2, -0.15) is 0 Å². The summed E-state index contributed by atoms with van der Waals surface area (Å²) in [4.78, 5) is 12.6. The molecule has 1 N–H and O–H groups in total. The molecule has 1 amide bonds. The van der Waals surface area contributed by atoms with Crippen molar-refractivity contribution in [1.82, 2.24) is 5.32 Å². The van der Waals surface area contributed by atoms with E-state index in [-0.39, 0.29) is 11.9 Å². The van der Waals surface area contributed by atoms with Gasteiger partial charge in [0, 0.05) is 9.13 Å². The molecule has 0 radical (unpaired) electrons. The zero-order valence-corrected chi connectivity index (χ0v) is 16.0. The van der Waals surface area contributed by atoms with Crippen LogP contribution in [0, 0.1) is 17.4 Å². The lowest BCUT2D eigenvalue weighted by molar-refractivity contribution is 0.0938. The summed E-state index contributed by atoms with van der Waals surface area (Å²) in [5.41, 5.74) is 1.53. The van der Waals surface area contributed by atoms with Gasteiger partial charge in [-0.1, -0.05) is 0 Å². The summed E-state index contributed by atoms with van der Waals surface area (Å²) in [6, 6.07) is 5.27. The van der Waals surface area contributed by atoms with Crippen molar-refractivity contribution in [2.24, 2.45) is 0 Å². The number of rotatable bonds is 5. The van der Waals surface area contributed by atoms with E-state index in [1.807, 2.05) is 26.8 Å². The molecular formula is C17H20INO4. The highest BCUT2D eigenvalue weighted by Crippen LogP contribution is 2.31. The average Bonchev–Trinajstić information content (AvgIpc) is 2.85. The molecule has 2 aromatic rings. The van der Waals surface area contributed by atoms with E-state index in [2.05, 4.69) is 27.9 Å². The maximum atomic E-state index is 12.6. The number of methoxy groups -OCH3 is 2. The first kappa shape index (κ1) is 17.7. The van der Waals surface area contributed by atoms with Crippen LogP contribution < -0.4 is 14.8 Å². The third-order valence-corrected chi connectivity index (χ3v) is 4.50. The average molecular weight is 429 g/mol. The molecule has 23 heavy (non-hydrogen) atoms. The maximum absolute atomic E-state index is 12.6. The molecule has 1 aromatic heterocycles. The summed E-state index contributed by atoms with van der Waals surface area (Å²) in [7, 11) is 3.12. The smallest absolute Gasteiger partial charge is 0.252 e. The number of nitrogens with one attached hydrogen (secondary N) is 1. The largest absolute Gasteiger partial charge is 0.493 e. The van der Waals surface area contributed by atoms with Crippen LogP contribution in [0.25, 0.3) is 0 Å². The lowest BCUT2D eigenvalue weighted by Gasteiger charge is -2.16.